The highest BCUT2D eigenvalue weighted by molar-refractivity contribution is 5.62. The molecule has 3 heterocycles. The minimum Gasteiger partial charge on any atom is -0.329 e. The molecule has 114 valence electrons. The van der Waals surface area contributed by atoms with Gasteiger partial charge in [-0.2, -0.15) is 18.2 Å². The molecule has 7 nitrogen and oxygen atoms in total. The van der Waals surface area contributed by atoms with Gasteiger partial charge in [-0.3, -0.25) is 4.98 Å². The zero-order valence-electron chi connectivity index (χ0n) is 11.5. The van der Waals surface area contributed by atoms with Crippen LogP contribution in [0.2, 0.25) is 0 Å². The summed E-state index contributed by atoms with van der Waals surface area (Å²) < 4.78 is 43.4. The second kappa shape index (κ2) is 4.90. The van der Waals surface area contributed by atoms with Crippen LogP contribution in [0.4, 0.5) is 13.2 Å². The summed E-state index contributed by atoms with van der Waals surface area (Å²) >= 11 is 0. The number of hydrogen-bond donors (Lipinski definition) is 0. The lowest BCUT2D eigenvalue weighted by molar-refractivity contribution is -0.159. The molecular formula is C12H9F3N6O. The number of pyridine rings is 1. The zero-order valence-corrected chi connectivity index (χ0v) is 11.5. The van der Waals surface area contributed by atoms with E-state index in [0.29, 0.717) is 22.9 Å². The van der Waals surface area contributed by atoms with Crippen LogP contribution >= 0.6 is 0 Å². The summed E-state index contributed by atoms with van der Waals surface area (Å²) in [5, 5.41) is 11.2. The standard InChI is InChI=1S/C12H9F3N6O/c1-6-18-19-10(21(6)2)8-5-7(3-4-16-8)9-17-11(22-20-9)12(13,14)15/h3-5H,1-2H3. The van der Waals surface area contributed by atoms with Gasteiger partial charge in [-0.05, 0) is 19.1 Å². The van der Waals surface area contributed by atoms with Gasteiger partial charge in [0.25, 0.3) is 0 Å². The summed E-state index contributed by atoms with van der Waals surface area (Å²) in [4.78, 5) is 7.47. The van der Waals surface area contributed by atoms with Crippen LogP contribution in [0.25, 0.3) is 22.9 Å². The first-order valence-electron chi connectivity index (χ1n) is 6.10. The Morgan fingerprint density at radius 3 is 2.59 bits per heavy atom. The van der Waals surface area contributed by atoms with Gasteiger partial charge >= 0.3 is 12.1 Å². The third kappa shape index (κ3) is 2.43. The van der Waals surface area contributed by atoms with Crippen molar-refractivity contribution in [2.45, 2.75) is 13.1 Å². The van der Waals surface area contributed by atoms with Crippen molar-refractivity contribution >= 4 is 0 Å². The SMILES string of the molecule is Cc1nnc(-c2cc(-c3noc(C(F)(F)F)n3)ccn2)n1C. The van der Waals surface area contributed by atoms with Gasteiger partial charge in [0, 0.05) is 18.8 Å². The van der Waals surface area contributed by atoms with Crippen LogP contribution in [0, 0.1) is 6.92 Å². The van der Waals surface area contributed by atoms with Crippen LogP contribution in [-0.2, 0) is 13.2 Å². The highest BCUT2D eigenvalue weighted by Crippen LogP contribution is 2.29. The maximum Gasteiger partial charge on any atom is 0.471 e. The van der Waals surface area contributed by atoms with E-state index in [4.69, 9.17) is 0 Å². The predicted molar refractivity (Wildman–Crippen MR) is 67.3 cm³/mol. The van der Waals surface area contributed by atoms with Gasteiger partial charge in [0.15, 0.2) is 5.82 Å². The van der Waals surface area contributed by atoms with Crippen molar-refractivity contribution in [3.8, 4) is 22.9 Å². The molecule has 0 saturated heterocycles. The van der Waals surface area contributed by atoms with Gasteiger partial charge in [-0.25, -0.2) is 0 Å². The van der Waals surface area contributed by atoms with Crippen molar-refractivity contribution in [1.29, 1.82) is 0 Å². The number of halogens is 3. The molecule has 0 saturated carbocycles. The molecule has 0 aromatic carbocycles. The fourth-order valence-electron chi connectivity index (χ4n) is 1.78. The van der Waals surface area contributed by atoms with E-state index in [2.05, 4.69) is 29.8 Å². The lowest BCUT2D eigenvalue weighted by Crippen LogP contribution is -2.04. The monoisotopic (exact) mass is 310 g/mol. The summed E-state index contributed by atoms with van der Waals surface area (Å²) in [5.74, 6) is -0.398. The van der Waals surface area contributed by atoms with Crippen LogP contribution in [0.1, 0.15) is 11.7 Å². The van der Waals surface area contributed by atoms with E-state index in [-0.39, 0.29) is 5.82 Å². The molecule has 0 aliphatic carbocycles. The Balaban J connectivity index is 2.01. The van der Waals surface area contributed by atoms with Crippen LogP contribution in [-0.4, -0.2) is 29.9 Å². The molecule has 0 amide bonds. The van der Waals surface area contributed by atoms with Crippen molar-refractivity contribution in [3.63, 3.8) is 0 Å². The maximum atomic E-state index is 12.5. The Morgan fingerprint density at radius 2 is 2.00 bits per heavy atom. The van der Waals surface area contributed by atoms with E-state index < -0.39 is 12.1 Å². The van der Waals surface area contributed by atoms with Crippen LogP contribution in [0.3, 0.4) is 0 Å². The molecule has 0 fully saturated rings. The molecule has 22 heavy (non-hydrogen) atoms. The van der Waals surface area contributed by atoms with Gasteiger partial charge in [0.1, 0.15) is 11.5 Å². The van der Waals surface area contributed by atoms with E-state index in [1.54, 1.807) is 18.5 Å². The van der Waals surface area contributed by atoms with Crippen LogP contribution < -0.4 is 0 Å². The molecule has 0 unspecified atom stereocenters. The summed E-state index contributed by atoms with van der Waals surface area (Å²) in [6, 6.07) is 3.01. The average Bonchev–Trinajstić information content (AvgIpc) is 3.07. The minimum absolute atomic E-state index is 0.171. The van der Waals surface area contributed by atoms with Crippen molar-refractivity contribution in [1.82, 2.24) is 29.9 Å². The molecule has 0 aliphatic rings. The summed E-state index contributed by atoms with van der Waals surface area (Å²) in [5.41, 5.74) is 0.781. The number of hydrogen-bond acceptors (Lipinski definition) is 6. The highest BCUT2D eigenvalue weighted by Gasteiger charge is 2.38. The first kappa shape index (κ1) is 14.2. The second-order valence-corrected chi connectivity index (χ2v) is 4.48. The van der Waals surface area contributed by atoms with Crippen molar-refractivity contribution < 1.29 is 17.7 Å². The second-order valence-electron chi connectivity index (χ2n) is 4.48. The first-order valence-corrected chi connectivity index (χ1v) is 6.10. The Morgan fingerprint density at radius 1 is 1.23 bits per heavy atom. The van der Waals surface area contributed by atoms with Crippen molar-refractivity contribution in [2.24, 2.45) is 7.05 Å². The van der Waals surface area contributed by atoms with Gasteiger partial charge in [-0.1, -0.05) is 5.16 Å². The largest absolute Gasteiger partial charge is 0.471 e. The van der Waals surface area contributed by atoms with Gasteiger partial charge in [0.2, 0.25) is 5.82 Å². The Bertz CT molecular complexity index is 822. The van der Waals surface area contributed by atoms with Gasteiger partial charge < -0.3 is 9.09 Å². The molecule has 0 aliphatic heterocycles. The number of aromatic nitrogens is 6. The van der Waals surface area contributed by atoms with E-state index in [0.717, 1.165) is 0 Å². The van der Waals surface area contributed by atoms with Crippen molar-refractivity contribution in [2.75, 3.05) is 0 Å². The molecule has 0 N–H and O–H groups in total. The molecule has 3 aromatic heterocycles. The van der Waals surface area contributed by atoms with Gasteiger partial charge in [-0.15, -0.1) is 10.2 Å². The molecule has 10 heteroatoms. The zero-order chi connectivity index (χ0) is 15.9. The Labute approximate surface area is 121 Å². The third-order valence-electron chi connectivity index (χ3n) is 3.01. The minimum atomic E-state index is -4.68. The third-order valence-corrected chi connectivity index (χ3v) is 3.01. The van der Waals surface area contributed by atoms with E-state index in [1.165, 1.54) is 18.3 Å². The van der Waals surface area contributed by atoms with Crippen LogP contribution in [0.15, 0.2) is 22.9 Å². The molecule has 0 spiro atoms. The first-order chi connectivity index (χ1) is 10.4. The molecule has 0 atom stereocenters. The summed E-state index contributed by atoms with van der Waals surface area (Å²) in [7, 11) is 1.76. The van der Waals surface area contributed by atoms with Gasteiger partial charge in [0.05, 0.1) is 0 Å². The smallest absolute Gasteiger partial charge is 0.329 e. The Kier molecular flexibility index (Phi) is 3.15. The number of aryl methyl sites for hydroxylation is 1. The number of rotatable bonds is 2. The highest BCUT2D eigenvalue weighted by atomic mass is 19.4. The molecule has 0 radical (unpaired) electrons. The summed E-state index contributed by atoms with van der Waals surface area (Å²) in [6.07, 6.45) is -3.25. The summed E-state index contributed by atoms with van der Waals surface area (Å²) in [6.45, 7) is 1.77. The topological polar surface area (TPSA) is 82.5 Å². The number of alkyl halides is 3. The average molecular weight is 310 g/mol. The Hall–Kier alpha value is -2.78. The van der Waals surface area contributed by atoms with E-state index in [1.807, 2.05) is 0 Å². The predicted octanol–water partition coefficient (Wildman–Crippen LogP) is 2.25. The number of nitrogens with zero attached hydrogens (tertiary/aromatic N) is 6. The van der Waals surface area contributed by atoms with E-state index >= 15 is 0 Å². The lowest BCUT2D eigenvalue weighted by Gasteiger charge is -2.02. The van der Waals surface area contributed by atoms with E-state index in [9.17, 15) is 13.2 Å². The van der Waals surface area contributed by atoms with Crippen molar-refractivity contribution in [3.05, 3.63) is 30.0 Å². The molecular weight excluding hydrogens is 301 g/mol. The molecule has 0 bridgehead atoms. The lowest BCUT2D eigenvalue weighted by atomic mass is 10.2. The maximum absolute atomic E-state index is 12.5. The normalized spacial score (nSPS) is 11.9. The fourth-order valence-corrected chi connectivity index (χ4v) is 1.78. The molecule has 3 rings (SSSR count). The quantitative estimate of drug-likeness (QED) is 0.722. The molecule has 3 aromatic rings. The fraction of sp³-hybridized carbons (Fsp3) is 0.250. The van der Waals surface area contributed by atoms with Crippen LogP contribution in [0.5, 0.6) is 0 Å².